The summed E-state index contributed by atoms with van der Waals surface area (Å²) in [6.45, 7) is 0.818. The van der Waals surface area contributed by atoms with Crippen molar-refractivity contribution in [3.05, 3.63) is 29.8 Å². The minimum atomic E-state index is 0.0614. The van der Waals surface area contributed by atoms with Crippen molar-refractivity contribution in [3.63, 3.8) is 0 Å². The average molecular weight is 269 g/mol. The van der Waals surface area contributed by atoms with Gasteiger partial charge in [0.25, 0.3) is 0 Å². The van der Waals surface area contributed by atoms with Gasteiger partial charge in [-0.25, -0.2) is 0 Å². The van der Waals surface area contributed by atoms with Gasteiger partial charge in [-0.15, -0.1) is 11.6 Å². The van der Waals surface area contributed by atoms with Gasteiger partial charge >= 0.3 is 0 Å². The number of carbonyl (C=O) groups excluding carboxylic acids is 1. The Bertz CT molecular complexity index is 380. The quantitative estimate of drug-likeness (QED) is 0.609. The predicted molar refractivity (Wildman–Crippen MR) is 77.0 cm³/mol. The molecule has 3 nitrogen and oxygen atoms in total. The average Bonchev–Trinajstić information content (AvgIpc) is 2.31. The lowest BCUT2D eigenvalue weighted by molar-refractivity contribution is -0.116. The number of rotatable bonds is 7. The fourth-order valence-corrected chi connectivity index (χ4v) is 1.90. The van der Waals surface area contributed by atoms with E-state index in [2.05, 4.69) is 10.2 Å². The first-order chi connectivity index (χ1) is 8.63. The van der Waals surface area contributed by atoms with Crippen LogP contribution in [0.25, 0.3) is 0 Å². The Hall–Kier alpha value is -1.06. The van der Waals surface area contributed by atoms with E-state index in [1.807, 2.05) is 38.4 Å². The number of para-hydroxylation sites is 1. The fourth-order valence-electron chi connectivity index (χ4n) is 1.71. The minimum absolute atomic E-state index is 0.0614. The monoisotopic (exact) mass is 268 g/mol. The molecule has 0 saturated carbocycles. The molecule has 0 spiro atoms. The van der Waals surface area contributed by atoms with E-state index < -0.39 is 0 Å². The standard InChI is InChI=1S/C14H21ClN2O/c1-17(2)11-12-7-3-4-8-13(12)16-14(18)9-5-6-10-15/h3-4,7-8H,5-6,9-11H2,1-2H3,(H,16,18). The molecule has 4 heteroatoms. The fraction of sp³-hybridized carbons (Fsp3) is 0.500. The molecule has 1 amide bonds. The second kappa shape index (κ2) is 8.11. The molecule has 0 bridgehead atoms. The van der Waals surface area contributed by atoms with E-state index in [1.54, 1.807) is 0 Å². The Morgan fingerprint density at radius 2 is 2.00 bits per heavy atom. The minimum Gasteiger partial charge on any atom is -0.326 e. The first-order valence-electron chi connectivity index (χ1n) is 6.22. The summed E-state index contributed by atoms with van der Waals surface area (Å²) in [6.07, 6.45) is 2.25. The number of alkyl halides is 1. The van der Waals surface area contributed by atoms with Gasteiger partial charge < -0.3 is 10.2 Å². The van der Waals surface area contributed by atoms with Gasteiger partial charge in [-0.3, -0.25) is 4.79 Å². The van der Waals surface area contributed by atoms with Crippen molar-refractivity contribution in [2.24, 2.45) is 0 Å². The first kappa shape index (κ1) is 15.0. The normalized spacial score (nSPS) is 10.7. The number of carbonyl (C=O) groups is 1. The molecule has 0 aliphatic carbocycles. The smallest absolute Gasteiger partial charge is 0.224 e. The van der Waals surface area contributed by atoms with Gasteiger partial charge in [0.05, 0.1) is 0 Å². The van der Waals surface area contributed by atoms with E-state index in [9.17, 15) is 4.79 Å². The third-order valence-corrected chi connectivity index (χ3v) is 2.83. The Labute approximate surface area is 114 Å². The topological polar surface area (TPSA) is 32.3 Å². The molecule has 0 aromatic heterocycles. The predicted octanol–water partition coefficient (Wildman–Crippen LogP) is 3.10. The molecule has 0 aliphatic rings. The summed E-state index contributed by atoms with van der Waals surface area (Å²) in [5.41, 5.74) is 2.04. The van der Waals surface area contributed by atoms with Crippen LogP contribution in [0.15, 0.2) is 24.3 Å². The summed E-state index contributed by atoms with van der Waals surface area (Å²) >= 11 is 5.59. The van der Waals surface area contributed by atoms with Gasteiger partial charge in [-0.2, -0.15) is 0 Å². The van der Waals surface area contributed by atoms with Crippen molar-refractivity contribution in [2.45, 2.75) is 25.8 Å². The molecular formula is C14H21ClN2O. The molecule has 18 heavy (non-hydrogen) atoms. The van der Waals surface area contributed by atoms with Crippen LogP contribution < -0.4 is 5.32 Å². The summed E-state index contributed by atoms with van der Waals surface area (Å²) in [6, 6.07) is 7.90. The highest BCUT2D eigenvalue weighted by atomic mass is 35.5. The van der Waals surface area contributed by atoms with Crippen molar-refractivity contribution in [3.8, 4) is 0 Å². The van der Waals surface area contributed by atoms with Gasteiger partial charge in [-0.05, 0) is 38.6 Å². The van der Waals surface area contributed by atoms with E-state index in [4.69, 9.17) is 11.6 Å². The van der Waals surface area contributed by atoms with E-state index >= 15 is 0 Å². The van der Waals surface area contributed by atoms with Crippen LogP contribution in [0, 0.1) is 0 Å². The SMILES string of the molecule is CN(C)Cc1ccccc1NC(=O)CCCCCl. The van der Waals surface area contributed by atoms with Crippen LogP contribution in [0.1, 0.15) is 24.8 Å². The van der Waals surface area contributed by atoms with Crippen LogP contribution in [0.2, 0.25) is 0 Å². The first-order valence-corrected chi connectivity index (χ1v) is 6.75. The van der Waals surface area contributed by atoms with Crippen LogP contribution in [-0.2, 0) is 11.3 Å². The Kier molecular flexibility index (Phi) is 6.76. The molecule has 1 aromatic rings. The number of nitrogens with zero attached hydrogens (tertiary/aromatic N) is 1. The van der Waals surface area contributed by atoms with Crippen molar-refractivity contribution in [1.29, 1.82) is 0 Å². The highest BCUT2D eigenvalue weighted by Crippen LogP contribution is 2.16. The summed E-state index contributed by atoms with van der Waals surface area (Å²) in [7, 11) is 4.03. The van der Waals surface area contributed by atoms with Crippen molar-refractivity contribution in [1.82, 2.24) is 4.90 Å². The number of halogens is 1. The summed E-state index contributed by atoms with van der Waals surface area (Å²) in [4.78, 5) is 13.8. The summed E-state index contributed by atoms with van der Waals surface area (Å²) < 4.78 is 0. The molecule has 1 rings (SSSR count). The second-order valence-electron chi connectivity index (χ2n) is 4.59. The molecule has 0 radical (unpaired) electrons. The Morgan fingerprint density at radius 1 is 1.28 bits per heavy atom. The van der Waals surface area contributed by atoms with Gasteiger partial charge in [0.1, 0.15) is 0 Å². The van der Waals surface area contributed by atoms with Gasteiger partial charge in [-0.1, -0.05) is 18.2 Å². The molecule has 1 aromatic carbocycles. The lowest BCUT2D eigenvalue weighted by atomic mass is 10.1. The lowest BCUT2D eigenvalue weighted by Crippen LogP contribution is -2.16. The number of benzene rings is 1. The Morgan fingerprint density at radius 3 is 2.67 bits per heavy atom. The molecule has 0 fully saturated rings. The summed E-state index contributed by atoms with van der Waals surface area (Å²) in [5.74, 6) is 0.677. The van der Waals surface area contributed by atoms with Gasteiger partial charge in [0, 0.05) is 24.5 Å². The highest BCUT2D eigenvalue weighted by molar-refractivity contribution is 6.17. The number of hydrogen-bond acceptors (Lipinski definition) is 2. The zero-order chi connectivity index (χ0) is 13.4. The molecule has 0 saturated heterocycles. The molecule has 0 aliphatic heterocycles. The molecular weight excluding hydrogens is 248 g/mol. The Balaban J connectivity index is 2.57. The number of nitrogens with one attached hydrogen (secondary N) is 1. The van der Waals surface area contributed by atoms with E-state index in [-0.39, 0.29) is 5.91 Å². The molecule has 0 unspecified atom stereocenters. The number of hydrogen-bond donors (Lipinski definition) is 1. The maximum atomic E-state index is 11.8. The third kappa shape index (κ3) is 5.52. The van der Waals surface area contributed by atoms with E-state index in [0.717, 1.165) is 30.6 Å². The van der Waals surface area contributed by atoms with Crippen LogP contribution >= 0.6 is 11.6 Å². The van der Waals surface area contributed by atoms with Crippen molar-refractivity contribution < 1.29 is 4.79 Å². The lowest BCUT2D eigenvalue weighted by Gasteiger charge is -2.14. The van der Waals surface area contributed by atoms with Crippen LogP contribution in [0.4, 0.5) is 5.69 Å². The van der Waals surface area contributed by atoms with Gasteiger partial charge in [0.2, 0.25) is 5.91 Å². The zero-order valence-electron chi connectivity index (χ0n) is 11.1. The highest BCUT2D eigenvalue weighted by Gasteiger charge is 2.06. The number of unbranched alkanes of at least 4 members (excludes halogenated alkanes) is 1. The van der Waals surface area contributed by atoms with E-state index in [0.29, 0.717) is 12.3 Å². The molecule has 1 N–H and O–H groups in total. The van der Waals surface area contributed by atoms with E-state index in [1.165, 1.54) is 0 Å². The maximum Gasteiger partial charge on any atom is 0.224 e. The van der Waals surface area contributed by atoms with Crippen LogP contribution in [0.5, 0.6) is 0 Å². The van der Waals surface area contributed by atoms with Crippen LogP contribution in [0.3, 0.4) is 0 Å². The van der Waals surface area contributed by atoms with Crippen LogP contribution in [-0.4, -0.2) is 30.8 Å². The maximum absolute atomic E-state index is 11.8. The zero-order valence-corrected chi connectivity index (χ0v) is 11.8. The summed E-state index contributed by atoms with van der Waals surface area (Å²) in [5, 5.41) is 2.97. The molecule has 0 atom stereocenters. The molecule has 100 valence electrons. The second-order valence-corrected chi connectivity index (χ2v) is 4.97. The van der Waals surface area contributed by atoms with Crippen molar-refractivity contribution >= 4 is 23.2 Å². The molecule has 0 heterocycles. The number of anilines is 1. The van der Waals surface area contributed by atoms with Gasteiger partial charge in [0.15, 0.2) is 0 Å². The largest absolute Gasteiger partial charge is 0.326 e. The van der Waals surface area contributed by atoms with Crippen molar-refractivity contribution in [2.75, 3.05) is 25.3 Å². The number of amides is 1. The third-order valence-electron chi connectivity index (χ3n) is 2.57.